The number of hydrogen-bond donors (Lipinski definition) is 3. The molecular formula is C6H12N2O2. The van der Waals surface area contributed by atoms with E-state index in [1.165, 1.54) is 0 Å². The highest BCUT2D eigenvalue weighted by Crippen LogP contribution is 2.04. The molecule has 0 aromatic carbocycles. The Kier molecular flexibility index (Phi) is 2.50. The Hall–Kier alpha value is -0.770. The van der Waals surface area contributed by atoms with Crippen molar-refractivity contribution in [3.05, 3.63) is 0 Å². The number of nitrogens with one attached hydrogen (secondary N) is 2. The van der Waals surface area contributed by atoms with E-state index in [-0.39, 0.29) is 0 Å². The fraction of sp³-hybridized carbons (Fsp3) is 0.833. The molecule has 1 aliphatic heterocycles. The van der Waals surface area contributed by atoms with E-state index in [9.17, 15) is 4.79 Å². The molecular weight excluding hydrogens is 132 g/mol. The smallest absolute Gasteiger partial charge is 0.404 e. The van der Waals surface area contributed by atoms with Crippen LogP contribution in [0.4, 0.5) is 4.79 Å². The van der Waals surface area contributed by atoms with Crippen LogP contribution in [-0.2, 0) is 0 Å². The van der Waals surface area contributed by atoms with E-state index in [2.05, 4.69) is 10.6 Å². The van der Waals surface area contributed by atoms with Gasteiger partial charge in [0.2, 0.25) is 0 Å². The lowest BCUT2D eigenvalue weighted by Gasteiger charge is -2.05. The minimum absolute atomic E-state index is 0.496. The van der Waals surface area contributed by atoms with Crippen LogP contribution in [0.2, 0.25) is 0 Å². The third-order valence-corrected chi connectivity index (χ3v) is 1.70. The SMILES string of the molecule is O=C(O)NC[C@@H]1CCNC1. The molecule has 0 radical (unpaired) electrons. The van der Waals surface area contributed by atoms with Crippen molar-refractivity contribution >= 4 is 6.09 Å². The van der Waals surface area contributed by atoms with E-state index in [1.54, 1.807) is 0 Å². The summed E-state index contributed by atoms with van der Waals surface area (Å²) in [4.78, 5) is 10.0. The summed E-state index contributed by atoms with van der Waals surface area (Å²) in [5.41, 5.74) is 0. The molecule has 4 nitrogen and oxygen atoms in total. The zero-order valence-corrected chi connectivity index (χ0v) is 5.76. The number of amides is 1. The van der Waals surface area contributed by atoms with Crippen LogP contribution in [0, 0.1) is 5.92 Å². The minimum atomic E-state index is -0.924. The molecule has 0 aliphatic carbocycles. The molecule has 1 heterocycles. The average molecular weight is 144 g/mol. The molecule has 0 bridgehead atoms. The van der Waals surface area contributed by atoms with E-state index < -0.39 is 6.09 Å². The van der Waals surface area contributed by atoms with Gasteiger partial charge in [-0.3, -0.25) is 0 Å². The molecule has 1 fully saturated rings. The average Bonchev–Trinajstić information content (AvgIpc) is 2.34. The normalized spacial score (nSPS) is 24.6. The van der Waals surface area contributed by atoms with Crippen molar-refractivity contribution in [3.8, 4) is 0 Å². The third-order valence-electron chi connectivity index (χ3n) is 1.70. The van der Waals surface area contributed by atoms with Crippen molar-refractivity contribution in [2.45, 2.75) is 6.42 Å². The summed E-state index contributed by atoms with van der Waals surface area (Å²) in [7, 11) is 0. The van der Waals surface area contributed by atoms with E-state index in [4.69, 9.17) is 5.11 Å². The van der Waals surface area contributed by atoms with Crippen LogP contribution in [0.15, 0.2) is 0 Å². The summed E-state index contributed by atoms with van der Waals surface area (Å²) in [6, 6.07) is 0. The summed E-state index contributed by atoms with van der Waals surface area (Å²) in [5.74, 6) is 0.496. The molecule has 3 N–H and O–H groups in total. The molecule has 1 atom stereocenters. The summed E-state index contributed by atoms with van der Waals surface area (Å²) < 4.78 is 0. The highest BCUT2D eigenvalue weighted by atomic mass is 16.4. The Balaban J connectivity index is 2.07. The monoisotopic (exact) mass is 144 g/mol. The summed E-state index contributed by atoms with van der Waals surface area (Å²) >= 11 is 0. The lowest BCUT2D eigenvalue weighted by Crippen LogP contribution is -2.28. The van der Waals surface area contributed by atoms with Crippen LogP contribution in [0.5, 0.6) is 0 Å². The standard InChI is InChI=1S/C6H12N2O2/c9-6(10)8-4-5-1-2-7-3-5/h5,7-8H,1-4H2,(H,9,10)/t5-/m1/s1. The molecule has 0 saturated carbocycles. The van der Waals surface area contributed by atoms with Crippen LogP contribution in [0.3, 0.4) is 0 Å². The molecule has 0 aromatic rings. The van der Waals surface area contributed by atoms with Crippen LogP contribution >= 0.6 is 0 Å². The van der Waals surface area contributed by atoms with Gasteiger partial charge in [0.1, 0.15) is 0 Å². The summed E-state index contributed by atoms with van der Waals surface area (Å²) in [5, 5.41) is 13.8. The number of hydrogen-bond acceptors (Lipinski definition) is 2. The highest BCUT2D eigenvalue weighted by molar-refractivity contribution is 5.64. The van der Waals surface area contributed by atoms with Crippen LogP contribution in [-0.4, -0.2) is 30.8 Å². The van der Waals surface area contributed by atoms with Gasteiger partial charge in [0.05, 0.1) is 0 Å². The molecule has 1 amide bonds. The first-order valence-corrected chi connectivity index (χ1v) is 3.46. The Bertz CT molecular complexity index is 121. The molecule has 10 heavy (non-hydrogen) atoms. The second-order valence-electron chi connectivity index (χ2n) is 2.54. The fourth-order valence-electron chi connectivity index (χ4n) is 1.12. The number of rotatable bonds is 2. The Morgan fingerprint density at radius 1 is 1.80 bits per heavy atom. The topological polar surface area (TPSA) is 61.4 Å². The maximum atomic E-state index is 10.0. The van der Waals surface area contributed by atoms with Gasteiger partial charge in [-0.25, -0.2) is 4.79 Å². The van der Waals surface area contributed by atoms with Crippen molar-refractivity contribution < 1.29 is 9.90 Å². The molecule has 0 aromatic heterocycles. The van der Waals surface area contributed by atoms with Gasteiger partial charge in [-0.1, -0.05) is 0 Å². The number of carboxylic acid groups (broad SMARTS) is 1. The van der Waals surface area contributed by atoms with Crippen LogP contribution in [0.25, 0.3) is 0 Å². The van der Waals surface area contributed by atoms with E-state index in [0.29, 0.717) is 12.5 Å². The predicted octanol–water partition coefficient (Wildman–Crippen LogP) is -0.137. The van der Waals surface area contributed by atoms with Gasteiger partial charge in [-0.2, -0.15) is 0 Å². The fourth-order valence-corrected chi connectivity index (χ4v) is 1.12. The van der Waals surface area contributed by atoms with Gasteiger partial charge in [-0.15, -0.1) is 0 Å². The Morgan fingerprint density at radius 2 is 2.60 bits per heavy atom. The quantitative estimate of drug-likeness (QED) is 0.505. The first-order chi connectivity index (χ1) is 4.79. The van der Waals surface area contributed by atoms with Gasteiger partial charge >= 0.3 is 6.09 Å². The van der Waals surface area contributed by atoms with Crippen molar-refractivity contribution in [2.75, 3.05) is 19.6 Å². The maximum absolute atomic E-state index is 10.0. The largest absolute Gasteiger partial charge is 0.465 e. The molecule has 1 saturated heterocycles. The Labute approximate surface area is 59.6 Å². The van der Waals surface area contributed by atoms with Crippen LogP contribution in [0.1, 0.15) is 6.42 Å². The highest BCUT2D eigenvalue weighted by Gasteiger charge is 2.14. The molecule has 0 spiro atoms. The molecule has 4 heteroatoms. The molecule has 1 rings (SSSR count). The van der Waals surface area contributed by atoms with Crippen molar-refractivity contribution in [1.82, 2.24) is 10.6 Å². The van der Waals surface area contributed by atoms with Crippen molar-refractivity contribution in [2.24, 2.45) is 5.92 Å². The predicted molar refractivity (Wildman–Crippen MR) is 37.0 cm³/mol. The van der Waals surface area contributed by atoms with Gasteiger partial charge in [-0.05, 0) is 25.4 Å². The second-order valence-corrected chi connectivity index (χ2v) is 2.54. The van der Waals surface area contributed by atoms with E-state index >= 15 is 0 Å². The second kappa shape index (κ2) is 3.41. The lowest BCUT2D eigenvalue weighted by molar-refractivity contribution is 0.192. The third kappa shape index (κ3) is 2.23. The zero-order chi connectivity index (χ0) is 7.40. The van der Waals surface area contributed by atoms with Crippen LogP contribution < -0.4 is 10.6 Å². The first-order valence-electron chi connectivity index (χ1n) is 3.46. The summed E-state index contributed by atoms with van der Waals surface area (Å²) in [6.07, 6.45) is 0.159. The van der Waals surface area contributed by atoms with Gasteiger partial charge in [0, 0.05) is 6.54 Å². The molecule has 58 valence electrons. The summed E-state index contributed by atoms with van der Waals surface area (Å²) in [6.45, 7) is 2.55. The number of carbonyl (C=O) groups is 1. The van der Waals surface area contributed by atoms with Crippen molar-refractivity contribution in [1.29, 1.82) is 0 Å². The van der Waals surface area contributed by atoms with Crippen molar-refractivity contribution in [3.63, 3.8) is 0 Å². The Morgan fingerprint density at radius 3 is 3.10 bits per heavy atom. The first kappa shape index (κ1) is 7.34. The van der Waals surface area contributed by atoms with Gasteiger partial charge in [0.15, 0.2) is 0 Å². The van der Waals surface area contributed by atoms with Gasteiger partial charge in [0.25, 0.3) is 0 Å². The van der Waals surface area contributed by atoms with E-state index in [1.807, 2.05) is 0 Å². The van der Waals surface area contributed by atoms with Gasteiger partial charge < -0.3 is 15.7 Å². The lowest BCUT2D eigenvalue weighted by atomic mass is 10.1. The molecule has 0 unspecified atom stereocenters. The van der Waals surface area contributed by atoms with E-state index in [0.717, 1.165) is 19.5 Å². The maximum Gasteiger partial charge on any atom is 0.404 e. The zero-order valence-electron chi connectivity index (χ0n) is 5.76. The minimum Gasteiger partial charge on any atom is -0.465 e. The molecule has 1 aliphatic rings.